The normalized spacial score (nSPS) is 9.69. The number of ketones is 1. The van der Waals surface area contributed by atoms with Gasteiger partial charge in [0, 0.05) is 0 Å². The molecule has 13 heavy (non-hydrogen) atoms. The standard InChI is InChI=1S/C9H9BrO2S/c1-7(11)6-12-8-4-2-3-5-9(8)13-10/h2-5H,6H2,1H3. The summed E-state index contributed by atoms with van der Waals surface area (Å²) < 4.78 is 5.29. The molecule has 1 aromatic rings. The molecule has 0 saturated carbocycles. The minimum Gasteiger partial charge on any atom is -0.485 e. The van der Waals surface area contributed by atoms with Gasteiger partial charge in [-0.1, -0.05) is 12.1 Å². The van der Waals surface area contributed by atoms with Gasteiger partial charge in [0.25, 0.3) is 0 Å². The van der Waals surface area contributed by atoms with Gasteiger partial charge >= 0.3 is 0 Å². The SMILES string of the molecule is CC(=O)COc1ccccc1SBr. The molecule has 1 rings (SSSR count). The Morgan fingerprint density at radius 3 is 2.85 bits per heavy atom. The van der Waals surface area contributed by atoms with Crippen molar-refractivity contribution in [1.29, 1.82) is 0 Å². The van der Waals surface area contributed by atoms with Crippen LogP contribution >= 0.6 is 25.0 Å². The van der Waals surface area contributed by atoms with Gasteiger partial charge in [0.15, 0.2) is 5.78 Å². The Kier molecular flexibility index (Phi) is 4.32. The molecule has 0 N–H and O–H groups in total. The molecule has 0 fully saturated rings. The fraction of sp³-hybridized carbons (Fsp3) is 0.222. The molecule has 0 heterocycles. The first-order valence-electron chi connectivity index (χ1n) is 3.74. The second-order valence-corrected chi connectivity index (χ2v) is 4.08. The van der Waals surface area contributed by atoms with Crippen LogP contribution in [-0.2, 0) is 4.79 Å². The first kappa shape index (κ1) is 10.6. The molecule has 0 aromatic heterocycles. The Morgan fingerprint density at radius 2 is 2.23 bits per heavy atom. The Balaban J connectivity index is 2.69. The van der Waals surface area contributed by atoms with E-state index in [1.54, 1.807) is 0 Å². The van der Waals surface area contributed by atoms with Crippen LogP contribution in [0.4, 0.5) is 0 Å². The maximum atomic E-state index is 10.7. The highest BCUT2D eigenvalue weighted by Gasteiger charge is 2.02. The number of carbonyl (C=O) groups is 1. The Morgan fingerprint density at radius 1 is 1.54 bits per heavy atom. The van der Waals surface area contributed by atoms with E-state index in [1.165, 1.54) is 17.1 Å². The van der Waals surface area contributed by atoms with E-state index in [9.17, 15) is 4.79 Å². The third-order valence-corrected chi connectivity index (χ3v) is 2.91. The third kappa shape index (κ3) is 3.40. The summed E-state index contributed by atoms with van der Waals surface area (Å²) in [5, 5.41) is 0. The monoisotopic (exact) mass is 260 g/mol. The average molecular weight is 261 g/mol. The van der Waals surface area contributed by atoms with E-state index in [-0.39, 0.29) is 12.4 Å². The summed E-state index contributed by atoms with van der Waals surface area (Å²) >= 11 is 3.27. The van der Waals surface area contributed by atoms with Gasteiger partial charge in [-0.25, -0.2) is 0 Å². The van der Waals surface area contributed by atoms with Gasteiger partial charge in [-0.15, -0.1) is 0 Å². The number of Topliss-reactive ketones (excluding diaryl/α,β-unsaturated/α-hetero) is 1. The van der Waals surface area contributed by atoms with E-state index in [0.717, 1.165) is 10.6 Å². The molecule has 0 radical (unpaired) electrons. The molecule has 0 aliphatic heterocycles. The molecular formula is C9H9BrO2S. The highest BCUT2D eigenvalue weighted by molar-refractivity contribution is 9.50. The van der Waals surface area contributed by atoms with E-state index in [2.05, 4.69) is 14.8 Å². The predicted octanol–water partition coefficient (Wildman–Crippen LogP) is 3.06. The Labute approximate surface area is 88.9 Å². The van der Waals surface area contributed by atoms with Gasteiger partial charge in [-0.3, -0.25) is 4.79 Å². The van der Waals surface area contributed by atoms with E-state index in [0.29, 0.717) is 0 Å². The zero-order chi connectivity index (χ0) is 9.68. The van der Waals surface area contributed by atoms with Crippen molar-refractivity contribution in [1.82, 2.24) is 0 Å². The van der Waals surface area contributed by atoms with Crippen LogP contribution in [0.15, 0.2) is 29.2 Å². The van der Waals surface area contributed by atoms with Gasteiger partial charge < -0.3 is 4.74 Å². The van der Waals surface area contributed by atoms with E-state index in [4.69, 9.17) is 4.74 Å². The van der Waals surface area contributed by atoms with Crippen molar-refractivity contribution in [3.05, 3.63) is 24.3 Å². The average Bonchev–Trinajstić information content (AvgIpc) is 2.15. The summed E-state index contributed by atoms with van der Waals surface area (Å²) in [7, 11) is 1.42. The smallest absolute Gasteiger partial charge is 0.167 e. The molecule has 1 aromatic carbocycles. The van der Waals surface area contributed by atoms with Crippen LogP contribution in [0.25, 0.3) is 0 Å². The zero-order valence-corrected chi connectivity index (χ0v) is 9.52. The second kappa shape index (κ2) is 5.29. The number of ether oxygens (including phenoxy) is 1. The van der Waals surface area contributed by atoms with Crippen LogP contribution < -0.4 is 4.74 Å². The van der Waals surface area contributed by atoms with Crippen LogP contribution in [-0.4, -0.2) is 12.4 Å². The van der Waals surface area contributed by atoms with Crippen LogP contribution in [0.1, 0.15) is 6.92 Å². The molecule has 0 unspecified atom stereocenters. The van der Waals surface area contributed by atoms with Gasteiger partial charge in [-0.2, -0.15) is 0 Å². The number of benzene rings is 1. The molecule has 70 valence electrons. The summed E-state index contributed by atoms with van der Waals surface area (Å²) in [6.07, 6.45) is 0. The summed E-state index contributed by atoms with van der Waals surface area (Å²) in [6, 6.07) is 7.56. The third-order valence-electron chi connectivity index (χ3n) is 1.36. The van der Waals surface area contributed by atoms with Crippen LogP contribution in [0, 0.1) is 0 Å². The van der Waals surface area contributed by atoms with Gasteiger partial charge in [0.05, 0.1) is 4.90 Å². The molecule has 0 aliphatic rings. The van der Waals surface area contributed by atoms with Crippen molar-refractivity contribution in [3.8, 4) is 5.75 Å². The quantitative estimate of drug-likeness (QED) is 0.833. The van der Waals surface area contributed by atoms with Gasteiger partial charge in [-0.05, 0) is 44.1 Å². The Bertz CT molecular complexity index is 301. The zero-order valence-electron chi connectivity index (χ0n) is 7.12. The van der Waals surface area contributed by atoms with Crippen molar-refractivity contribution in [2.75, 3.05) is 6.61 Å². The molecule has 0 saturated heterocycles. The maximum Gasteiger partial charge on any atom is 0.167 e. The van der Waals surface area contributed by atoms with E-state index >= 15 is 0 Å². The summed E-state index contributed by atoms with van der Waals surface area (Å²) in [5.41, 5.74) is 0. The van der Waals surface area contributed by atoms with Crippen molar-refractivity contribution in [2.24, 2.45) is 0 Å². The van der Waals surface area contributed by atoms with E-state index in [1.807, 2.05) is 24.3 Å². The molecule has 0 atom stereocenters. The number of hydrogen-bond donors (Lipinski definition) is 0. The number of hydrogen-bond acceptors (Lipinski definition) is 3. The topological polar surface area (TPSA) is 26.3 Å². The molecule has 0 spiro atoms. The summed E-state index contributed by atoms with van der Waals surface area (Å²) in [6.45, 7) is 1.63. The minimum absolute atomic E-state index is 0.0226. The van der Waals surface area contributed by atoms with Crippen molar-refractivity contribution in [2.45, 2.75) is 11.8 Å². The predicted molar refractivity (Wildman–Crippen MR) is 57.4 cm³/mol. The van der Waals surface area contributed by atoms with Crippen LogP contribution in [0.2, 0.25) is 0 Å². The number of carbonyl (C=O) groups excluding carboxylic acids is 1. The Hall–Kier alpha value is -0.480. The second-order valence-electron chi connectivity index (χ2n) is 2.51. The molecular weight excluding hydrogens is 252 g/mol. The summed E-state index contributed by atoms with van der Waals surface area (Å²) in [4.78, 5) is 11.6. The highest BCUT2D eigenvalue weighted by Crippen LogP contribution is 2.32. The molecule has 0 bridgehead atoms. The van der Waals surface area contributed by atoms with Crippen molar-refractivity contribution >= 4 is 30.8 Å². The first-order chi connectivity index (χ1) is 6.24. The fourth-order valence-corrected chi connectivity index (χ4v) is 1.95. The molecule has 0 amide bonds. The molecule has 2 nitrogen and oxygen atoms in total. The number of para-hydroxylation sites is 1. The lowest BCUT2D eigenvalue weighted by atomic mass is 10.3. The number of rotatable bonds is 4. The lowest BCUT2D eigenvalue weighted by Gasteiger charge is -2.06. The lowest BCUT2D eigenvalue weighted by molar-refractivity contribution is -0.118. The van der Waals surface area contributed by atoms with E-state index < -0.39 is 0 Å². The molecule has 0 aliphatic carbocycles. The van der Waals surface area contributed by atoms with Gasteiger partial charge in [0.2, 0.25) is 0 Å². The first-order valence-corrected chi connectivity index (χ1v) is 6.40. The highest BCUT2D eigenvalue weighted by atomic mass is 79.9. The largest absolute Gasteiger partial charge is 0.485 e. The van der Waals surface area contributed by atoms with Gasteiger partial charge in [0.1, 0.15) is 12.4 Å². The minimum atomic E-state index is 0.0226. The maximum absolute atomic E-state index is 10.7. The lowest BCUT2D eigenvalue weighted by Crippen LogP contribution is -2.06. The number of halogens is 1. The molecule has 4 heteroatoms. The summed E-state index contributed by atoms with van der Waals surface area (Å²) in [5.74, 6) is 0.758. The van der Waals surface area contributed by atoms with Crippen LogP contribution in [0.5, 0.6) is 5.75 Å². The fourth-order valence-electron chi connectivity index (χ4n) is 0.813. The van der Waals surface area contributed by atoms with Crippen molar-refractivity contribution in [3.63, 3.8) is 0 Å². The van der Waals surface area contributed by atoms with Crippen LogP contribution in [0.3, 0.4) is 0 Å². The van der Waals surface area contributed by atoms with Crippen molar-refractivity contribution < 1.29 is 9.53 Å².